The lowest BCUT2D eigenvalue weighted by Gasteiger charge is -2.32. The number of carbonyl (C=O) groups is 1. The Kier molecular flexibility index (Phi) is 6.25. The van der Waals surface area contributed by atoms with Crippen LogP contribution in [0.25, 0.3) is 0 Å². The van der Waals surface area contributed by atoms with Crippen LogP contribution in [0, 0.1) is 17.2 Å². The van der Waals surface area contributed by atoms with Crippen LogP contribution < -0.4 is 11.1 Å². The normalized spacial score (nSPS) is 31.7. The molecule has 7 nitrogen and oxygen atoms in total. The third-order valence-electron chi connectivity index (χ3n) is 9.15. The van der Waals surface area contributed by atoms with Crippen molar-refractivity contribution < 1.29 is 27.5 Å². The van der Waals surface area contributed by atoms with Gasteiger partial charge in [0.15, 0.2) is 0 Å². The largest absolute Gasteiger partial charge is 0.419 e. The van der Waals surface area contributed by atoms with Crippen molar-refractivity contribution in [2.24, 2.45) is 17.1 Å². The van der Waals surface area contributed by atoms with E-state index in [-0.39, 0.29) is 28.7 Å². The van der Waals surface area contributed by atoms with Gasteiger partial charge in [-0.3, -0.25) is 0 Å². The molecule has 3 saturated carbocycles. The number of benzene rings is 1. The number of fused-ring (bicyclic) bond motifs is 1. The fourth-order valence-electron chi connectivity index (χ4n) is 7.20. The number of nitrogens with two attached hydrogens (primary N) is 1. The Balaban J connectivity index is 1.20. The average molecular weight is 554 g/mol. The highest BCUT2D eigenvalue weighted by Crippen LogP contribution is 2.94. The smallest absolute Gasteiger partial charge is 0.392 e. The van der Waals surface area contributed by atoms with Crippen LogP contribution in [0.5, 0.6) is 0 Å². The van der Waals surface area contributed by atoms with Crippen LogP contribution in [0.3, 0.4) is 0 Å². The number of halogens is 4. The van der Waals surface area contributed by atoms with E-state index in [9.17, 15) is 27.5 Å². The Morgan fingerprint density at radius 2 is 2.13 bits per heavy atom. The van der Waals surface area contributed by atoms with Crippen LogP contribution in [0.1, 0.15) is 47.6 Å². The van der Waals surface area contributed by atoms with E-state index in [0.29, 0.717) is 38.0 Å². The minimum absolute atomic E-state index is 0.0136. The number of nitrogens with one attached hydrogen (secondary N) is 1. The summed E-state index contributed by atoms with van der Waals surface area (Å²) < 4.78 is 53.5. The van der Waals surface area contributed by atoms with E-state index >= 15 is 0 Å². The number of anilines is 1. The molecule has 0 radical (unpaired) electrons. The predicted molar refractivity (Wildman–Crippen MR) is 134 cm³/mol. The molecule has 2 amide bonds. The number of rotatable bonds is 8. The molecule has 5 atom stereocenters. The van der Waals surface area contributed by atoms with Crippen molar-refractivity contribution in [3.05, 3.63) is 45.7 Å². The molecule has 6 rings (SSSR count). The summed E-state index contributed by atoms with van der Waals surface area (Å²) in [6.45, 7) is 2.95. The van der Waals surface area contributed by atoms with Crippen LogP contribution in [-0.4, -0.2) is 64.2 Å². The van der Waals surface area contributed by atoms with E-state index in [1.807, 2.05) is 6.20 Å². The van der Waals surface area contributed by atoms with Crippen molar-refractivity contribution in [2.45, 2.75) is 62.4 Å². The summed E-state index contributed by atoms with van der Waals surface area (Å²) in [6, 6.07) is 1.98. The van der Waals surface area contributed by atoms with E-state index in [1.54, 1.807) is 16.2 Å². The number of β-amino-alcohol motifs (C(OH)–C–C–N with tert-alkyl or cyclic N) is 1. The number of amides is 2. The first-order valence-electron chi connectivity index (χ1n) is 13.1. The fraction of sp³-hybridized carbons (Fsp3) is 0.615. The summed E-state index contributed by atoms with van der Waals surface area (Å²) in [5.41, 5.74) is 4.48. The molecule has 1 aliphatic heterocycles. The van der Waals surface area contributed by atoms with Crippen molar-refractivity contribution >= 4 is 23.1 Å². The van der Waals surface area contributed by atoms with Crippen LogP contribution in [0.4, 0.5) is 28.0 Å². The molecular weight excluding hydrogens is 522 g/mol. The molecular formula is C26H31F4N5O2S. The van der Waals surface area contributed by atoms with E-state index in [0.717, 1.165) is 55.9 Å². The first-order valence-corrected chi connectivity index (χ1v) is 13.9. The Bertz CT molecular complexity index is 1240. The molecule has 38 heavy (non-hydrogen) atoms. The molecule has 12 heteroatoms. The Morgan fingerprint density at radius 1 is 1.32 bits per heavy atom. The lowest BCUT2D eigenvalue weighted by Crippen LogP contribution is -2.44. The number of thiazole rings is 1. The third-order valence-corrected chi connectivity index (χ3v) is 10.3. The molecule has 2 heterocycles. The second-order valence-electron chi connectivity index (χ2n) is 11.2. The number of hydrogen-bond donors (Lipinski definition) is 3. The van der Waals surface area contributed by atoms with Gasteiger partial charge in [-0.25, -0.2) is 14.2 Å². The summed E-state index contributed by atoms with van der Waals surface area (Å²) >= 11 is 1.64. The van der Waals surface area contributed by atoms with Crippen LogP contribution in [-0.2, 0) is 18.1 Å². The van der Waals surface area contributed by atoms with Gasteiger partial charge in [-0.05, 0) is 68.2 Å². The minimum Gasteiger partial charge on any atom is -0.392 e. The maximum Gasteiger partial charge on any atom is 0.419 e. The van der Waals surface area contributed by atoms with Crippen molar-refractivity contribution in [1.82, 2.24) is 14.8 Å². The summed E-state index contributed by atoms with van der Waals surface area (Å²) in [5, 5.41) is 13.3. The molecule has 2 aromatic rings. The molecule has 4 N–H and O–H groups in total. The number of carbonyl (C=O) groups excluding carboxylic acids is 1. The van der Waals surface area contributed by atoms with E-state index in [2.05, 4.69) is 15.2 Å². The lowest BCUT2D eigenvalue weighted by molar-refractivity contribution is -0.139. The quantitative estimate of drug-likeness (QED) is 0.427. The fourth-order valence-corrected chi connectivity index (χ4v) is 8.36. The number of alkyl halides is 3. The van der Waals surface area contributed by atoms with Crippen molar-refractivity contribution in [3.8, 4) is 0 Å². The number of urea groups is 1. The number of nitrogens with zero attached hydrogens (tertiary/aromatic N) is 3. The second-order valence-corrected chi connectivity index (χ2v) is 12.3. The summed E-state index contributed by atoms with van der Waals surface area (Å²) in [7, 11) is 0. The highest BCUT2D eigenvalue weighted by Gasteiger charge is 2.92. The van der Waals surface area contributed by atoms with Crippen molar-refractivity contribution in [1.29, 1.82) is 0 Å². The van der Waals surface area contributed by atoms with Gasteiger partial charge < -0.3 is 26.0 Å². The van der Waals surface area contributed by atoms with Gasteiger partial charge in [0.2, 0.25) is 0 Å². The van der Waals surface area contributed by atoms with Crippen molar-refractivity contribution in [3.63, 3.8) is 0 Å². The first kappa shape index (κ1) is 26.0. The van der Waals surface area contributed by atoms with Gasteiger partial charge in [-0.2, -0.15) is 13.2 Å². The topological polar surface area (TPSA) is 94.7 Å². The number of aromatic nitrogens is 1. The lowest BCUT2D eigenvalue weighted by atomic mass is 9.88. The first-order chi connectivity index (χ1) is 18.1. The Hall–Kier alpha value is -2.28. The number of hydrogen-bond acceptors (Lipinski definition) is 6. The maximum atomic E-state index is 13.8. The number of aliphatic hydroxyl groups is 1. The zero-order valence-electron chi connectivity index (χ0n) is 20.8. The molecule has 3 aliphatic carbocycles. The summed E-state index contributed by atoms with van der Waals surface area (Å²) in [5.74, 6) is -0.780. The van der Waals surface area contributed by atoms with Gasteiger partial charge in [-0.15, -0.1) is 11.3 Å². The van der Waals surface area contributed by atoms with Crippen LogP contribution in [0.2, 0.25) is 0 Å². The molecule has 206 valence electrons. The van der Waals surface area contributed by atoms with Gasteiger partial charge in [0.1, 0.15) is 10.8 Å². The molecule has 4 fully saturated rings. The zero-order chi connectivity index (χ0) is 26.9. The van der Waals surface area contributed by atoms with E-state index < -0.39 is 23.6 Å². The van der Waals surface area contributed by atoms with Gasteiger partial charge >= 0.3 is 12.2 Å². The molecule has 4 aliphatic rings. The average Bonchev–Trinajstić information content (AvgIpc) is 3.39. The van der Waals surface area contributed by atoms with Crippen LogP contribution in [0.15, 0.2) is 24.4 Å². The van der Waals surface area contributed by atoms with E-state index in [4.69, 9.17) is 5.73 Å². The molecule has 0 bridgehead atoms. The van der Waals surface area contributed by atoms with Gasteiger partial charge in [0.05, 0.1) is 11.7 Å². The maximum absolute atomic E-state index is 13.8. The Labute approximate surface area is 222 Å². The second kappa shape index (κ2) is 9.14. The summed E-state index contributed by atoms with van der Waals surface area (Å²) in [4.78, 5) is 23.1. The van der Waals surface area contributed by atoms with E-state index in [1.165, 1.54) is 4.88 Å². The number of likely N-dealkylation sites (tertiary alicyclic amines) is 1. The molecule has 1 aromatic heterocycles. The minimum atomic E-state index is -4.86. The standard InChI is InChI=1S/C26H31F4N5O2S/c27-19-3-2-15(8-18(19)26(28,29)30)33-23(37)35(6-1-5-34-7-4-17(36)14-34)16-9-24-11-20(24)25(24,10-16)21-13-32-22(12-31)38-21/h2-3,8,13,16-17,20,36H,1,4-7,9-12,14,31H2,(H,33,37)/t16-,17+,20?,24?,25+/m0/s1. The van der Waals surface area contributed by atoms with Gasteiger partial charge in [-0.1, -0.05) is 0 Å². The molecule has 1 aromatic carbocycles. The van der Waals surface area contributed by atoms with Gasteiger partial charge in [0, 0.05) is 54.4 Å². The van der Waals surface area contributed by atoms with Crippen LogP contribution >= 0.6 is 11.3 Å². The predicted octanol–water partition coefficient (Wildman–Crippen LogP) is 4.17. The molecule has 1 spiro atoms. The van der Waals surface area contributed by atoms with Crippen molar-refractivity contribution in [2.75, 3.05) is 31.5 Å². The Morgan fingerprint density at radius 3 is 2.79 bits per heavy atom. The zero-order valence-corrected chi connectivity index (χ0v) is 21.6. The number of aliphatic hydroxyl groups excluding tert-OH is 1. The third kappa shape index (κ3) is 4.20. The molecule has 1 saturated heterocycles. The monoisotopic (exact) mass is 553 g/mol. The highest BCUT2D eigenvalue weighted by atomic mass is 32.1. The highest BCUT2D eigenvalue weighted by molar-refractivity contribution is 7.11. The summed E-state index contributed by atoms with van der Waals surface area (Å²) in [6.07, 6.45) is 0.886. The van der Waals surface area contributed by atoms with Gasteiger partial charge in [0.25, 0.3) is 0 Å². The SMILES string of the molecule is NCc1ncc([C@]23C[C@@H](N(CCCN4CC[C@@H](O)C4)C(=O)Nc4ccc(F)c(C(F)(F)F)c4)CC24CC43)s1. The molecule has 2 unspecified atom stereocenters.